The number of nitrogens with zero attached hydrogens (tertiary/aromatic N) is 1. The van der Waals surface area contributed by atoms with E-state index in [4.69, 9.17) is 14.2 Å². The second-order valence-electron chi connectivity index (χ2n) is 5.85. The summed E-state index contributed by atoms with van der Waals surface area (Å²) in [6.45, 7) is 5.70. The number of amides is 1. The van der Waals surface area contributed by atoms with Crippen molar-refractivity contribution in [2.24, 2.45) is 5.10 Å². The first-order chi connectivity index (χ1) is 12.4. The van der Waals surface area contributed by atoms with E-state index in [1.807, 2.05) is 32.0 Å². The minimum Gasteiger partial charge on any atom is -0.497 e. The molecule has 0 radical (unpaired) electrons. The number of nitrogens with one attached hydrogen (secondary N) is 1. The van der Waals surface area contributed by atoms with Gasteiger partial charge in [0.1, 0.15) is 17.2 Å². The number of hydrogen-bond acceptors (Lipinski definition) is 5. The second-order valence-corrected chi connectivity index (χ2v) is 5.85. The predicted molar refractivity (Wildman–Crippen MR) is 101 cm³/mol. The number of hydrazone groups is 1. The Hall–Kier alpha value is -3.02. The molecule has 0 spiro atoms. The summed E-state index contributed by atoms with van der Waals surface area (Å²) in [6, 6.07) is 11.0. The molecule has 0 fully saturated rings. The van der Waals surface area contributed by atoms with E-state index in [0.717, 1.165) is 11.1 Å². The zero-order chi connectivity index (χ0) is 19.1. The number of methoxy groups -OCH3 is 2. The molecular formula is C20H24N2O4. The first kappa shape index (κ1) is 19.3. The average molecular weight is 356 g/mol. The fourth-order valence-electron chi connectivity index (χ4n) is 2.23. The molecule has 0 aliphatic heterocycles. The molecule has 1 atom stereocenters. The van der Waals surface area contributed by atoms with Crippen LogP contribution < -0.4 is 19.6 Å². The van der Waals surface area contributed by atoms with E-state index in [2.05, 4.69) is 10.5 Å². The third kappa shape index (κ3) is 4.99. The number of benzene rings is 2. The summed E-state index contributed by atoms with van der Waals surface area (Å²) >= 11 is 0. The van der Waals surface area contributed by atoms with E-state index >= 15 is 0 Å². The Balaban J connectivity index is 1.96. The zero-order valence-corrected chi connectivity index (χ0v) is 15.7. The normalized spacial score (nSPS) is 11.9. The fourth-order valence-corrected chi connectivity index (χ4v) is 2.23. The number of carbonyl (C=O) groups is 1. The lowest BCUT2D eigenvalue weighted by molar-refractivity contribution is -0.127. The quantitative estimate of drug-likeness (QED) is 0.611. The molecule has 0 saturated carbocycles. The van der Waals surface area contributed by atoms with Crippen LogP contribution in [0.1, 0.15) is 23.6 Å². The lowest BCUT2D eigenvalue weighted by Gasteiger charge is -2.14. The van der Waals surface area contributed by atoms with Gasteiger partial charge in [-0.1, -0.05) is 6.07 Å². The second kappa shape index (κ2) is 8.89. The molecule has 2 aromatic carbocycles. The zero-order valence-electron chi connectivity index (χ0n) is 15.7. The van der Waals surface area contributed by atoms with Crippen LogP contribution in [-0.2, 0) is 4.79 Å². The molecular weight excluding hydrogens is 332 g/mol. The number of hydrogen-bond donors (Lipinski definition) is 1. The molecule has 6 nitrogen and oxygen atoms in total. The lowest BCUT2D eigenvalue weighted by Crippen LogP contribution is -2.33. The summed E-state index contributed by atoms with van der Waals surface area (Å²) in [5, 5.41) is 3.97. The molecule has 138 valence electrons. The fraction of sp³-hybridized carbons (Fsp3) is 0.300. The van der Waals surface area contributed by atoms with Crippen molar-refractivity contribution in [2.45, 2.75) is 26.9 Å². The summed E-state index contributed by atoms with van der Waals surface area (Å²) in [5.74, 6) is 1.59. The van der Waals surface area contributed by atoms with Crippen molar-refractivity contribution in [3.63, 3.8) is 0 Å². The van der Waals surface area contributed by atoms with Gasteiger partial charge in [-0.25, -0.2) is 5.43 Å². The first-order valence-corrected chi connectivity index (χ1v) is 8.23. The Bertz CT molecular complexity index is 802. The lowest BCUT2D eigenvalue weighted by atomic mass is 10.1. The molecule has 1 amide bonds. The van der Waals surface area contributed by atoms with Gasteiger partial charge in [-0.15, -0.1) is 0 Å². The minimum atomic E-state index is -0.674. The van der Waals surface area contributed by atoms with Gasteiger partial charge in [0.25, 0.3) is 5.91 Å². The van der Waals surface area contributed by atoms with Crippen molar-refractivity contribution in [2.75, 3.05) is 14.2 Å². The van der Waals surface area contributed by atoms with Crippen LogP contribution in [0, 0.1) is 13.8 Å². The van der Waals surface area contributed by atoms with Gasteiger partial charge in [-0.3, -0.25) is 4.79 Å². The number of rotatable bonds is 7. The highest BCUT2D eigenvalue weighted by molar-refractivity contribution is 5.86. The highest BCUT2D eigenvalue weighted by Crippen LogP contribution is 2.23. The molecule has 0 bridgehead atoms. The largest absolute Gasteiger partial charge is 0.497 e. The van der Waals surface area contributed by atoms with E-state index in [0.29, 0.717) is 17.2 Å². The Labute approximate surface area is 153 Å². The monoisotopic (exact) mass is 356 g/mol. The van der Waals surface area contributed by atoms with Crippen LogP contribution in [0.4, 0.5) is 0 Å². The van der Waals surface area contributed by atoms with E-state index in [1.165, 1.54) is 11.8 Å². The van der Waals surface area contributed by atoms with Gasteiger partial charge in [-0.2, -0.15) is 5.10 Å². The van der Waals surface area contributed by atoms with Crippen LogP contribution in [-0.4, -0.2) is 32.4 Å². The number of carbonyl (C=O) groups excluding carboxylic acids is 1. The van der Waals surface area contributed by atoms with Gasteiger partial charge in [0.05, 0.1) is 20.4 Å². The molecule has 2 rings (SSSR count). The van der Waals surface area contributed by atoms with Gasteiger partial charge >= 0.3 is 0 Å². The van der Waals surface area contributed by atoms with Gasteiger partial charge in [0.15, 0.2) is 6.10 Å². The van der Waals surface area contributed by atoms with E-state index in [9.17, 15) is 4.79 Å². The summed E-state index contributed by atoms with van der Waals surface area (Å²) in [5.41, 5.74) is 5.48. The molecule has 6 heteroatoms. The summed E-state index contributed by atoms with van der Waals surface area (Å²) in [4.78, 5) is 12.1. The van der Waals surface area contributed by atoms with Crippen LogP contribution in [0.15, 0.2) is 41.5 Å². The van der Waals surface area contributed by atoms with Crippen LogP contribution in [0.25, 0.3) is 0 Å². The standard InChI is InChI=1S/C20H24N2O4/c1-13-6-8-18(10-14(13)2)26-15(3)20(23)22-21-12-16-7-9-17(24-4)11-19(16)25-5/h6-12,15H,1-5H3,(H,22,23)/b21-12+. The first-order valence-electron chi connectivity index (χ1n) is 8.23. The maximum Gasteiger partial charge on any atom is 0.280 e. The van der Waals surface area contributed by atoms with Gasteiger partial charge < -0.3 is 14.2 Å². The SMILES string of the molecule is COc1ccc(/C=N/NC(=O)C(C)Oc2ccc(C)c(C)c2)c(OC)c1. The van der Waals surface area contributed by atoms with E-state index < -0.39 is 6.10 Å². The highest BCUT2D eigenvalue weighted by atomic mass is 16.5. The van der Waals surface area contributed by atoms with Crippen LogP contribution >= 0.6 is 0 Å². The number of aryl methyl sites for hydroxylation is 2. The maximum atomic E-state index is 12.1. The third-order valence-electron chi connectivity index (χ3n) is 3.98. The molecule has 1 N–H and O–H groups in total. The van der Waals surface area contributed by atoms with Crippen molar-refractivity contribution in [3.8, 4) is 17.2 Å². The Morgan fingerprint density at radius 3 is 2.42 bits per heavy atom. The van der Waals surface area contributed by atoms with Crippen LogP contribution in [0.2, 0.25) is 0 Å². The van der Waals surface area contributed by atoms with Crippen molar-refractivity contribution in [3.05, 3.63) is 53.1 Å². The van der Waals surface area contributed by atoms with Gasteiger partial charge in [-0.05, 0) is 56.2 Å². The summed E-state index contributed by atoms with van der Waals surface area (Å²) in [7, 11) is 3.14. The summed E-state index contributed by atoms with van der Waals surface area (Å²) in [6.07, 6.45) is 0.839. The van der Waals surface area contributed by atoms with Crippen LogP contribution in [0.3, 0.4) is 0 Å². The maximum absolute atomic E-state index is 12.1. The smallest absolute Gasteiger partial charge is 0.280 e. The summed E-state index contributed by atoms with van der Waals surface area (Å²) < 4.78 is 16.1. The highest BCUT2D eigenvalue weighted by Gasteiger charge is 2.14. The molecule has 0 aromatic heterocycles. The van der Waals surface area contributed by atoms with Crippen molar-refractivity contribution in [1.82, 2.24) is 5.43 Å². The Kier molecular flexibility index (Phi) is 6.60. The molecule has 0 aliphatic carbocycles. The van der Waals surface area contributed by atoms with Gasteiger partial charge in [0, 0.05) is 11.6 Å². The topological polar surface area (TPSA) is 69.2 Å². The van der Waals surface area contributed by atoms with E-state index in [-0.39, 0.29) is 5.91 Å². The van der Waals surface area contributed by atoms with Gasteiger partial charge in [0.2, 0.25) is 0 Å². The molecule has 26 heavy (non-hydrogen) atoms. The predicted octanol–water partition coefficient (Wildman–Crippen LogP) is 3.24. The third-order valence-corrected chi connectivity index (χ3v) is 3.98. The minimum absolute atomic E-state index is 0.341. The Morgan fingerprint density at radius 2 is 1.77 bits per heavy atom. The molecule has 1 unspecified atom stereocenters. The van der Waals surface area contributed by atoms with Crippen molar-refractivity contribution in [1.29, 1.82) is 0 Å². The molecule has 0 saturated heterocycles. The van der Waals surface area contributed by atoms with E-state index in [1.54, 1.807) is 39.3 Å². The molecule has 0 heterocycles. The molecule has 0 aliphatic rings. The number of ether oxygens (including phenoxy) is 3. The molecule has 2 aromatic rings. The van der Waals surface area contributed by atoms with Crippen molar-refractivity contribution >= 4 is 12.1 Å². The average Bonchev–Trinajstić information content (AvgIpc) is 2.64. The Morgan fingerprint density at radius 1 is 1.04 bits per heavy atom. The van der Waals surface area contributed by atoms with Crippen molar-refractivity contribution < 1.29 is 19.0 Å². The van der Waals surface area contributed by atoms with Crippen LogP contribution in [0.5, 0.6) is 17.2 Å².